The molecule has 0 aliphatic carbocycles. The Labute approximate surface area is 300 Å². The van der Waals surface area contributed by atoms with Crippen LogP contribution in [-0.2, 0) is 36.0 Å². The molecule has 15 heteroatoms. The Balaban J connectivity index is -0.000000500. The molecule has 10 nitrogen and oxygen atoms in total. The van der Waals surface area contributed by atoms with Crippen LogP contribution in [-0.4, -0.2) is 41.4 Å². The summed E-state index contributed by atoms with van der Waals surface area (Å²) >= 11 is 5.52. The van der Waals surface area contributed by atoms with E-state index in [0.717, 1.165) is 38.6 Å². The predicted octanol–water partition coefficient (Wildman–Crippen LogP) is 7.10. The third kappa shape index (κ3) is 31.2. The second-order valence-electron chi connectivity index (χ2n) is 9.38. The number of esters is 2. The molecule has 0 saturated heterocycles. The van der Waals surface area contributed by atoms with E-state index in [0.29, 0.717) is 5.88 Å². The average Bonchev–Trinajstić information content (AvgIpc) is 2.98. The van der Waals surface area contributed by atoms with Crippen LogP contribution in [0.5, 0.6) is 0 Å². The lowest BCUT2D eigenvalue weighted by molar-refractivity contribution is -0.909. The number of aliphatic hydroxyl groups is 1. The smallest absolute Gasteiger partial charge is 0.310 e. The molecule has 0 aliphatic rings. The van der Waals surface area contributed by atoms with Crippen molar-refractivity contribution in [3.8, 4) is 0 Å². The molecule has 4 heterocycles. The first-order valence-corrected chi connectivity index (χ1v) is 16.8. The zero-order valence-corrected chi connectivity index (χ0v) is 31.5. The van der Waals surface area contributed by atoms with Crippen molar-refractivity contribution in [2.24, 2.45) is 0 Å². The van der Waals surface area contributed by atoms with Gasteiger partial charge in [-0.15, -0.1) is 24.0 Å². The lowest BCUT2D eigenvalue weighted by Crippen LogP contribution is -2.33. The van der Waals surface area contributed by atoms with Crippen molar-refractivity contribution in [2.45, 2.75) is 67.9 Å². The molecule has 0 radical (unpaired) electrons. The summed E-state index contributed by atoms with van der Waals surface area (Å²) in [6.07, 6.45) is 7.11. The number of carbonyl (C=O) groups is 2. The van der Waals surface area contributed by atoms with Gasteiger partial charge in [-0.05, 0) is 75.6 Å². The molecule has 0 amide bonds. The minimum Gasteiger partial charge on any atom is -0.394 e. The second kappa shape index (κ2) is 29.0. The number of aromatic nitrogens is 4. The Morgan fingerprint density at radius 3 is 1.40 bits per heavy atom. The summed E-state index contributed by atoms with van der Waals surface area (Å²) in [7, 11) is 7.36. The first kappa shape index (κ1) is 48.2. The van der Waals surface area contributed by atoms with Crippen molar-refractivity contribution in [3.63, 3.8) is 0 Å². The molecule has 0 aliphatic heterocycles. The van der Waals surface area contributed by atoms with Crippen molar-refractivity contribution in [1.29, 1.82) is 0 Å². The van der Waals surface area contributed by atoms with Gasteiger partial charge in [0.15, 0.2) is 0 Å². The Kier molecular flexibility index (Phi) is 29.7. The van der Waals surface area contributed by atoms with Crippen LogP contribution >= 0.6 is 45.4 Å². The molecule has 0 unspecified atom stereocenters. The van der Waals surface area contributed by atoms with Crippen LogP contribution < -0.4 is 4.73 Å². The van der Waals surface area contributed by atoms with Crippen LogP contribution in [0.25, 0.3) is 0 Å². The molecule has 0 saturated carbocycles. The number of aryl methyl sites for hydroxylation is 6. The number of hydrogen-bond acceptors (Lipinski definition) is 9. The molecule has 0 fully saturated rings. The van der Waals surface area contributed by atoms with Crippen LogP contribution in [0.15, 0.2) is 73.3 Å². The van der Waals surface area contributed by atoms with Gasteiger partial charge >= 0.3 is 11.9 Å². The first-order valence-electron chi connectivity index (χ1n) is 13.5. The fourth-order valence-corrected chi connectivity index (χ4v) is 2.74. The highest BCUT2D eigenvalue weighted by atomic mass is 36.0. The number of halogens is 4. The van der Waals surface area contributed by atoms with Crippen LogP contribution in [0.2, 0.25) is 0 Å². The van der Waals surface area contributed by atoms with Crippen LogP contribution in [0, 0.1) is 41.5 Å². The Morgan fingerprint density at radius 1 is 0.745 bits per heavy atom. The predicted molar refractivity (Wildman–Crippen MR) is 190 cm³/mol. The zero-order valence-electron chi connectivity index (χ0n) is 27.6. The SMILES string of the molecule is CC(=O)OC(C)=O.Cc1ccc(C)[n+](O)c1.Cc1ccc(C)nc1.Cc1ccc(CCl)nc1.Cc1ccc(CO)nc1.Cl.O=S(Cl)Cl. The Bertz CT molecular complexity index is 1370. The topological polar surface area (TPSA) is 143 Å². The lowest BCUT2D eigenvalue weighted by atomic mass is 10.3. The van der Waals surface area contributed by atoms with Gasteiger partial charge in [-0.2, -0.15) is 0 Å². The monoisotopic (exact) mass is 751 g/mol. The molecule has 260 valence electrons. The van der Waals surface area contributed by atoms with Gasteiger partial charge in [0.05, 0.1) is 23.9 Å². The molecule has 2 N–H and O–H groups in total. The number of rotatable bonds is 2. The van der Waals surface area contributed by atoms with E-state index >= 15 is 0 Å². The maximum atomic E-state index is 9.81. The van der Waals surface area contributed by atoms with Crippen LogP contribution in [0.3, 0.4) is 0 Å². The molecule has 47 heavy (non-hydrogen) atoms. The third-order valence-electron chi connectivity index (χ3n) is 4.87. The molecule has 0 spiro atoms. The normalized spacial score (nSPS) is 8.96. The summed E-state index contributed by atoms with van der Waals surface area (Å²) in [6, 6.07) is 15.6. The minimum absolute atomic E-state index is 0. The molecule has 4 aromatic heterocycles. The fraction of sp³-hybridized carbons (Fsp3) is 0.312. The van der Waals surface area contributed by atoms with E-state index in [1.807, 2.05) is 96.4 Å². The number of nitrogens with zero attached hydrogens (tertiary/aromatic N) is 4. The highest BCUT2D eigenvalue weighted by molar-refractivity contribution is 8.26. The summed E-state index contributed by atoms with van der Waals surface area (Å²) in [5.74, 6) is -0.625. The zero-order chi connectivity index (χ0) is 35.7. The number of ether oxygens (including phenoxy) is 1. The van der Waals surface area contributed by atoms with Crippen molar-refractivity contribution < 1.29 is 33.6 Å². The van der Waals surface area contributed by atoms with Gasteiger partial charge in [0.25, 0.3) is 0 Å². The molecule has 4 aromatic rings. The summed E-state index contributed by atoms with van der Waals surface area (Å²) < 4.78 is 14.2. The maximum absolute atomic E-state index is 9.81. The van der Waals surface area contributed by atoms with E-state index in [9.17, 15) is 9.59 Å². The van der Waals surface area contributed by atoms with E-state index in [-0.39, 0.29) is 19.0 Å². The number of carbonyl (C=O) groups excluding carboxylic acids is 2. The van der Waals surface area contributed by atoms with Gasteiger partial charge in [0.1, 0.15) is 0 Å². The number of aliphatic hydroxyl groups excluding tert-OH is 1. The number of hydrogen-bond donors (Lipinski definition) is 2. The van der Waals surface area contributed by atoms with Crippen molar-refractivity contribution in [1.82, 2.24) is 15.0 Å². The fourth-order valence-electron chi connectivity index (χ4n) is 2.58. The first-order chi connectivity index (χ1) is 21.5. The van der Waals surface area contributed by atoms with Crippen LogP contribution in [0.1, 0.15) is 58.9 Å². The molecule has 0 aromatic carbocycles. The Hall–Kier alpha value is -3.19. The molecular weight excluding hydrogens is 710 g/mol. The average molecular weight is 754 g/mol. The maximum Gasteiger partial charge on any atom is 0.310 e. The van der Waals surface area contributed by atoms with Gasteiger partial charge in [0.2, 0.25) is 21.1 Å². The largest absolute Gasteiger partial charge is 0.394 e. The van der Waals surface area contributed by atoms with Crippen molar-refractivity contribution >= 4 is 66.5 Å². The van der Waals surface area contributed by atoms with E-state index in [4.69, 9.17) is 26.1 Å². The molecular formula is C32H43Cl4N4O6S+. The molecule has 4 rings (SSSR count). The quantitative estimate of drug-likeness (QED) is 0.0548. The minimum atomic E-state index is -1.67. The lowest BCUT2D eigenvalue weighted by Gasteiger charge is -1.93. The van der Waals surface area contributed by atoms with Gasteiger partial charge in [-0.3, -0.25) is 29.7 Å². The molecule has 0 atom stereocenters. The highest BCUT2D eigenvalue weighted by Gasteiger charge is 2.01. The number of alkyl halides is 1. The van der Waals surface area contributed by atoms with Crippen LogP contribution in [0.4, 0.5) is 0 Å². The second-order valence-corrected chi connectivity index (χ2v) is 12.2. The third-order valence-corrected chi connectivity index (χ3v) is 5.14. The van der Waals surface area contributed by atoms with Gasteiger partial charge in [-0.25, -0.2) is 4.21 Å². The number of pyridine rings is 4. The highest BCUT2D eigenvalue weighted by Crippen LogP contribution is 2.00. The van der Waals surface area contributed by atoms with Gasteiger partial charge in [0, 0.05) is 82.8 Å². The van der Waals surface area contributed by atoms with Crippen molar-refractivity contribution in [2.75, 3.05) is 0 Å². The van der Waals surface area contributed by atoms with E-state index in [2.05, 4.69) is 47.1 Å². The standard InChI is InChI=1S/C7H8ClN.C7H10NO.C7H9NO.C7H9N.C4H6O3.Cl2OS.ClH/c1-6-2-3-7(4-8)9-5-6;1-6-3-4-7(2)8(9)5-6;1-6-2-3-7(5-9)8-4-6;1-6-3-4-7(2)8-5-6;1-3(5)7-4(2)6;1-4(2)3;/h2-3,5H,4H2,1H3;3-5,9H,1-2H3;2-4,9H,5H2,1H3;3-5H,1-2H3;1-2H3;;1H/q;+1;;;;;. The summed E-state index contributed by atoms with van der Waals surface area (Å²) in [5.41, 5.74) is 8.15. The summed E-state index contributed by atoms with van der Waals surface area (Å²) in [4.78, 5) is 31.7. The Morgan fingerprint density at radius 2 is 1.15 bits per heavy atom. The van der Waals surface area contributed by atoms with E-state index in [1.165, 1.54) is 25.0 Å². The summed E-state index contributed by atoms with van der Waals surface area (Å²) in [6.45, 7) is 14.2. The van der Waals surface area contributed by atoms with Gasteiger partial charge < -0.3 is 9.84 Å². The van der Waals surface area contributed by atoms with Crippen molar-refractivity contribution in [3.05, 3.63) is 118 Å². The van der Waals surface area contributed by atoms with E-state index < -0.39 is 21.2 Å². The molecule has 0 bridgehead atoms. The summed E-state index contributed by atoms with van der Waals surface area (Å²) in [5, 5.41) is 17.6. The van der Waals surface area contributed by atoms with Gasteiger partial charge in [-0.1, -0.05) is 18.2 Å². The van der Waals surface area contributed by atoms with E-state index in [1.54, 1.807) is 12.4 Å².